The highest BCUT2D eigenvalue weighted by molar-refractivity contribution is 5.75. The van der Waals surface area contributed by atoms with Crippen molar-refractivity contribution >= 4 is 11.9 Å². The third kappa shape index (κ3) is 6.33. The van der Waals surface area contributed by atoms with Crippen LogP contribution in [0.2, 0.25) is 0 Å². The van der Waals surface area contributed by atoms with E-state index in [1.54, 1.807) is 13.8 Å². The first-order valence-electron chi connectivity index (χ1n) is 6.72. The molecule has 3 N–H and O–H groups in total. The van der Waals surface area contributed by atoms with Crippen molar-refractivity contribution in [3.8, 4) is 0 Å². The lowest BCUT2D eigenvalue weighted by molar-refractivity contribution is -0.410. The van der Waals surface area contributed by atoms with Crippen molar-refractivity contribution in [2.24, 2.45) is 0 Å². The van der Waals surface area contributed by atoms with Crippen molar-refractivity contribution in [2.75, 3.05) is 0 Å². The lowest BCUT2D eigenvalue weighted by atomic mass is 10.1. The van der Waals surface area contributed by atoms with Gasteiger partial charge in [-0.25, -0.2) is 4.79 Å². The summed E-state index contributed by atoms with van der Waals surface area (Å²) in [6.45, 7) is 3.80. The maximum atomic E-state index is 11.6. The number of benzene rings is 1. The van der Waals surface area contributed by atoms with Gasteiger partial charge in [-0.1, -0.05) is 30.3 Å². The lowest BCUT2D eigenvalue weighted by Gasteiger charge is -2.11. The summed E-state index contributed by atoms with van der Waals surface area (Å²) in [5.41, 5.74) is 4.64. The fourth-order valence-electron chi connectivity index (χ4n) is 1.55. The molecule has 1 atom stereocenters. The summed E-state index contributed by atoms with van der Waals surface area (Å²) in [4.78, 5) is 23.1. The Labute approximate surface area is 119 Å². The predicted molar refractivity (Wildman–Crippen MR) is 73.4 cm³/mol. The number of carbonyl (C=O) groups is 2. The van der Waals surface area contributed by atoms with Gasteiger partial charge in [0.15, 0.2) is 6.04 Å². The van der Waals surface area contributed by atoms with E-state index in [-0.39, 0.29) is 31.1 Å². The number of esters is 2. The Morgan fingerprint density at radius 3 is 2.45 bits per heavy atom. The van der Waals surface area contributed by atoms with E-state index < -0.39 is 6.04 Å². The van der Waals surface area contributed by atoms with Gasteiger partial charge in [0.1, 0.15) is 6.61 Å². The van der Waals surface area contributed by atoms with Crippen LogP contribution in [0.15, 0.2) is 30.3 Å². The fourth-order valence-corrected chi connectivity index (χ4v) is 1.55. The van der Waals surface area contributed by atoms with Gasteiger partial charge in [0, 0.05) is 6.42 Å². The zero-order valence-electron chi connectivity index (χ0n) is 12.0. The quantitative estimate of drug-likeness (QED) is 0.758. The van der Waals surface area contributed by atoms with E-state index in [4.69, 9.17) is 9.47 Å². The molecular weight excluding hydrogens is 258 g/mol. The Morgan fingerprint density at radius 1 is 1.20 bits per heavy atom. The maximum absolute atomic E-state index is 11.6. The molecule has 0 aliphatic heterocycles. The SMILES string of the molecule is CC(C)OC(=O)[C@@H]([NH3+])CCC(=O)OCc1ccccc1. The molecule has 20 heavy (non-hydrogen) atoms. The molecule has 1 aromatic rings. The molecule has 0 saturated heterocycles. The van der Waals surface area contributed by atoms with Gasteiger partial charge >= 0.3 is 11.9 Å². The molecule has 0 amide bonds. The first-order chi connectivity index (χ1) is 9.49. The largest absolute Gasteiger partial charge is 0.461 e. The first kappa shape index (κ1) is 16.2. The number of ether oxygens (including phenoxy) is 2. The van der Waals surface area contributed by atoms with Gasteiger partial charge in [0.25, 0.3) is 0 Å². The minimum Gasteiger partial charge on any atom is -0.461 e. The molecule has 5 heteroatoms. The summed E-state index contributed by atoms with van der Waals surface area (Å²) < 4.78 is 10.1. The van der Waals surface area contributed by atoms with Crippen molar-refractivity contribution in [1.82, 2.24) is 0 Å². The molecule has 0 aliphatic rings. The van der Waals surface area contributed by atoms with Crippen LogP contribution >= 0.6 is 0 Å². The van der Waals surface area contributed by atoms with Gasteiger partial charge in [0.2, 0.25) is 0 Å². The highest BCUT2D eigenvalue weighted by Gasteiger charge is 2.21. The number of hydrogen-bond acceptors (Lipinski definition) is 4. The summed E-state index contributed by atoms with van der Waals surface area (Å²) in [5, 5.41) is 0. The van der Waals surface area contributed by atoms with E-state index in [1.807, 2.05) is 30.3 Å². The van der Waals surface area contributed by atoms with Crippen molar-refractivity contribution in [3.63, 3.8) is 0 Å². The Hall–Kier alpha value is -1.88. The lowest BCUT2D eigenvalue weighted by Crippen LogP contribution is -2.65. The molecule has 0 saturated carbocycles. The zero-order chi connectivity index (χ0) is 15.0. The highest BCUT2D eigenvalue weighted by Crippen LogP contribution is 2.04. The summed E-state index contributed by atoms with van der Waals surface area (Å²) in [6, 6.07) is 8.91. The average Bonchev–Trinajstić information content (AvgIpc) is 2.42. The molecule has 110 valence electrons. The van der Waals surface area contributed by atoms with Crippen molar-refractivity contribution < 1.29 is 24.8 Å². The van der Waals surface area contributed by atoms with Crippen LogP contribution in [-0.2, 0) is 25.7 Å². The average molecular weight is 280 g/mol. The minimum absolute atomic E-state index is 0.161. The maximum Gasteiger partial charge on any atom is 0.365 e. The molecule has 0 aromatic heterocycles. The van der Waals surface area contributed by atoms with Gasteiger partial charge in [-0.05, 0) is 19.4 Å². The second-order valence-electron chi connectivity index (χ2n) is 4.87. The molecule has 1 rings (SSSR count). The Balaban J connectivity index is 2.24. The number of carbonyl (C=O) groups excluding carboxylic acids is 2. The number of quaternary nitrogens is 1. The summed E-state index contributed by atoms with van der Waals surface area (Å²) in [5.74, 6) is -0.712. The van der Waals surface area contributed by atoms with E-state index in [2.05, 4.69) is 5.73 Å². The van der Waals surface area contributed by atoms with E-state index in [0.29, 0.717) is 6.42 Å². The van der Waals surface area contributed by atoms with Gasteiger partial charge in [-0.3, -0.25) is 4.79 Å². The van der Waals surface area contributed by atoms with E-state index in [9.17, 15) is 9.59 Å². The van der Waals surface area contributed by atoms with Crippen LogP contribution in [0.4, 0.5) is 0 Å². The number of rotatable bonds is 7. The van der Waals surface area contributed by atoms with E-state index >= 15 is 0 Å². The molecule has 5 nitrogen and oxygen atoms in total. The van der Waals surface area contributed by atoms with Gasteiger partial charge in [-0.15, -0.1) is 0 Å². The normalized spacial score (nSPS) is 12.0. The molecule has 0 unspecified atom stereocenters. The Kier molecular flexibility index (Phi) is 6.73. The van der Waals surface area contributed by atoms with Gasteiger partial charge < -0.3 is 15.2 Å². The predicted octanol–water partition coefficient (Wildman–Crippen LogP) is 1.07. The minimum atomic E-state index is -0.540. The molecule has 0 heterocycles. The zero-order valence-corrected chi connectivity index (χ0v) is 12.0. The summed E-state index contributed by atoms with van der Waals surface area (Å²) in [7, 11) is 0. The van der Waals surface area contributed by atoms with E-state index in [0.717, 1.165) is 5.56 Å². The third-order valence-corrected chi connectivity index (χ3v) is 2.62. The van der Waals surface area contributed by atoms with Gasteiger partial charge in [-0.2, -0.15) is 0 Å². The van der Waals surface area contributed by atoms with Crippen LogP contribution in [0.25, 0.3) is 0 Å². The molecule has 0 spiro atoms. The molecule has 0 bridgehead atoms. The molecule has 0 fully saturated rings. The molecule has 0 radical (unpaired) electrons. The van der Waals surface area contributed by atoms with Crippen LogP contribution < -0.4 is 5.73 Å². The highest BCUT2D eigenvalue weighted by atomic mass is 16.5. The smallest absolute Gasteiger partial charge is 0.365 e. The number of hydrogen-bond donors (Lipinski definition) is 1. The summed E-state index contributed by atoms with van der Waals surface area (Å²) in [6.07, 6.45) is 0.324. The van der Waals surface area contributed by atoms with Crippen molar-refractivity contribution in [3.05, 3.63) is 35.9 Å². The van der Waals surface area contributed by atoms with Crippen molar-refractivity contribution in [1.29, 1.82) is 0 Å². The van der Waals surface area contributed by atoms with Gasteiger partial charge in [0.05, 0.1) is 12.5 Å². The van der Waals surface area contributed by atoms with E-state index in [1.165, 1.54) is 0 Å². The fraction of sp³-hybridized carbons (Fsp3) is 0.467. The van der Waals surface area contributed by atoms with Crippen LogP contribution in [0.3, 0.4) is 0 Å². The monoisotopic (exact) mass is 280 g/mol. The first-order valence-corrected chi connectivity index (χ1v) is 6.72. The summed E-state index contributed by atoms with van der Waals surface area (Å²) >= 11 is 0. The van der Waals surface area contributed by atoms with Crippen LogP contribution in [0.5, 0.6) is 0 Å². The van der Waals surface area contributed by atoms with Crippen molar-refractivity contribution in [2.45, 2.75) is 45.4 Å². The third-order valence-electron chi connectivity index (χ3n) is 2.62. The standard InChI is InChI=1S/C15H21NO4/c1-11(2)20-15(18)13(16)8-9-14(17)19-10-12-6-4-3-5-7-12/h3-7,11,13H,8-10,16H2,1-2H3/p+1/t13-/m0/s1. The topological polar surface area (TPSA) is 80.2 Å². The molecule has 1 aromatic carbocycles. The molecule has 0 aliphatic carbocycles. The van der Waals surface area contributed by atoms with Crippen LogP contribution in [-0.4, -0.2) is 24.1 Å². The second-order valence-corrected chi connectivity index (χ2v) is 4.87. The van der Waals surface area contributed by atoms with Crippen LogP contribution in [0, 0.1) is 0 Å². The second kappa shape index (κ2) is 8.32. The Morgan fingerprint density at radius 2 is 1.85 bits per heavy atom. The Bertz CT molecular complexity index is 431. The van der Waals surface area contributed by atoms with Crippen LogP contribution in [0.1, 0.15) is 32.3 Å². The molecular formula is C15H22NO4+.